The molecule has 4 aromatic rings. The van der Waals surface area contributed by atoms with E-state index in [4.69, 9.17) is 23.7 Å². The maximum absolute atomic E-state index is 13.7. The summed E-state index contributed by atoms with van der Waals surface area (Å²) in [6, 6.07) is 16.1. The Labute approximate surface area is 500 Å². The van der Waals surface area contributed by atoms with Crippen LogP contribution >= 0.6 is 0 Å². The van der Waals surface area contributed by atoms with Crippen molar-refractivity contribution < 1.29 is 53.7 Å². The Morgan fingerprint density at radius 1 is 0.824 bits per heavy atom. The molecule has 0 aromatic heterocycles. The predicted octanol–water partition coefficient (Wildman–Crippen LogP) is 11.1. The number of ether oxygens (including phenoxy) is 5. The molecule has 11 unspecified atom stereocenters. The molecule has 5 aliphatic carbocycles. The zero-order chi connectivity index (χ0) is 58.9. The number of phenols is 1. The first-order valence-electron chi connectivity index (χ1n) is 32.1. The lowest BCUT2D eigenvalue weighted by Gasteiger charge is -2.60. The molecule has 9 aliphatic rings. The number of piperidine rings is 1. The normalized spacial score (nSPS) is 29.8. The Balaban J connectivity index is 0.841. The number of fused-ring (bicyclic) bond motifs is 6. The molecular formula is C70H88N4O11. The van der Waals surface area contributed by atoms with Crippen LogP contribution < -0.4 is 39.6 Å². The highest BCUT2D eigenvalue weighted by atomic mass is 16.5. The largest absolute Gasteiger partial charge is 0.502 e. The number of benzene rings is 4. The molecule has 4 fully saturated rings. The Bertz CT molecular complexity index is 3260. The van der Waals surface area contributed by atoms with Crippen molar-refractivity contribution in [2.75, 3.05) is 52.4 Å². The van der Waals surface area contributed by atoms with Gasteiger partial charge < -0.3 is 54.7 Å². The molecule has 454 valence electrons. The second-order valence-corrected chi connectivity index (χ2v) is 26.8. The number of hydrogen-bond donors (Lipinski definition) is 7. The van der Waals surface area contributed by atoms with Gasteiger partial charge in [0.2, 0.25) is 5.75 Å². The number of phenolic OH excluding ortho intramolecular Hbond substituents is 1. The predicted molar refractivity (Wildman–Crippen MR) is 326 cm³/mol. The van der Waals surface area contributed by atoms with Crippen LogP contribution in [0.5, 0.6) is 34.5 Å². The van der Waals surface area contributed by atoms with Crippen LogP contribution in [0.4, 0.5) is 5.69 Å². The molecule has 1 saturated heterocycles. The maximum atomic E-state index is 13.7. The molecule has 2 amide bonds. The average Bonchev–Trinajstić information content (AvgIpc) is 1.20. The number of carbonyl (C=O) groups excluding carboxylic acids is 2. The molecule has 13 rings (SSSR count). The third-order valence-electron chi connectivity index (χ3n) is 21.9. The number of carbonyl (C=O) groups is 2. The highest BCUT2D eigenvalue weighted by molar-refractivity contribution is 6.13. The molecule has 0 radical (unpaired) electrons. The van der Waals surface area contributed by atoms with Crippen LogP contribution in [0.2, 0.25) is 0 Å². The van der Waals surface area contributed by atoms with E-state index in [1.807, 2.05) is 25.2 Å². The minimum atomic E-state index is -1.09. The lowest BCUT2D eigenvalue weighted by molar-refractivity contribution is -0.153. The van der Waals surface area contributed by atoms with Crippen LogP contribution in [0.1, 0.15) is 174 Å². The summed E-state index contributed by atoms with van der Waals surface area (Å²) in [5.74, 6) is 1.69. The van der Waals surface area contributed by atoms with Gasteiger partial charge in [-0.15, -0.1) is 0 Å². The van der Waals surface area contributed by atoms with E-state index < -0.39 is 40.8 Å². The zero-order valence-electron chi connectivity index (χ0n) is 50.4. The number of nitrogens with one attached hydrogen (secondary N) is 3. The Hall–Kier alpha value is -6.10. The molecule has 0 bridgehead atoms. The number of amides is 2. The first-order chi connectivity index (χ1) is 41.2. The molecule has 15 heteroatoms. The van der Waals surface area contributed by atoms with Gasteiger partial charge in [0.05, 0.1) is 44.1 Å². The van der Waals surface area contributed by atoms with E-state index in [0.717, 1.165) is 128 Å². The summed E-state index contributed by atoms with van der Waals surface area (Å²) in [5.41, 5.74) is 6.69. The van der Waals surface area contributed by atoms with Crippen molar-refractivity contribution >= 4 is 23.6 Å². The number of anilines is 1. The van der Waals surface area contributed by atoms with Gasteiger partial charge >= 0.3 is 0 Å². The summed E-state index contributed by atoms with van der Waals surface area (Å²) >= 11 is 0. The molecule has 4 aromatic carbocycles. The summed E-state index contributed by atoms with van der Waals surface area (Å²) in [6.07, 6.45) is 20.7. The van der Waals surface area contributed by atoms with E-state index in [1.165, 1.54) is 32.1 Å². The molecule has 4 aliphatic heterocycles. The Morgan fingerprint density at radius 2 is 1.60 bits per heavy atom. The van der Waals surface area contributed by atoms with Crippen LogP contribution in [-0.4, -0.2) is 102 Å². The summed E-state index contributed by atoms with van der Waals surface area (Å²) < 4.78 is 33.7. The van der Waals surface area contributed by atoms with Gasteiger partial charge in [-0.2, -0.15) is 0 Å². The van der Waals surface area contributed by atoms with Crippen molar-refractivity contribution in [3.63, 3.8) is 0 Å². The van der Waals surface area contributed by atoms with E-state index in [1.54, 1.807) is 17.0 Å². The fourth-order valence-electron chi connectivity index (χ4n) is 18.1. The van der Waals surface area contributed by atoms with Crippen molar-refractivity contribution in [2.24, 2.45) is 35.5 Å². The second-order valence-electron chi connectivity index (χ2n) is 26.8. The number of hydrogen-bond acceptors (Lipinski definition) is 14. The van der Waals surface area contributed by atoms with E-state index in [9.17, 15) is 30.0 Å². The van der Waals surface area contributed by atoms with E-state index in [2.05, 4.69) is 67.1 Å². The van der Waals surface area contributed by atoms with E-state index in [-0.39, 0.29) is 66.8 Å². The van der Waals surface area contributed by atoms with Gasteiger partial charge in [-0.3, -0.25) is 19.8 Å². The van der Waals surface area contributed by atoms with Gasteiger partial charge in [-0.1, -0.05) is 82.4 Å². The number of imide groups is 1. The van der Waals surface area contributed by atoms with Crippen LogP contribution in [0.25, 0.3) is 17.2 Å². The molecule has 4 heterocycles. The topological polar surface area (TPSA) is 201 Å². The fourth-order valence-corrected chi connectivity index (χ4v) is 18.1. The van der Waals surface area contributed by atoms with E-state index >= 15 is 0 Å². The first kappa shape index (κ1) is 57.9. The summed E-state index contributed by atoms with van der Waals surface area (Å²) in [6.45, 7) is 7.88. The first-order valence-corrected chi connectivity index (χ1v) is 32.1. The van der Waals surface area contributed by atoms with Gasteiger partial charge in [0, 0.05) is 94.4 Å². The second kappa shape index (κ2) is 23.2. The van der Waals surface area contributed by atoms with Gasteiger partial charge in [0.15, 0.2) is 23.5 Å². The lowest BCUT2D eigenvalue weighted by Crippen LogP contribution is -2.65. The highest BCUT2D eigenvalue weighted by Gasteiger charge is 2.61. The standard InChI is InChI=1S/C70H88N4O11/c1-40(2)17-19-43-14-11-30-70(50(43)23-18-41(3)73-70)85-56-36-54(82-32-31-71-4)46-21-22-47-61-53(72-67(80)64(56)63(46)61)35-55-62(47)65(78)48(39-84-55)44-33-57(81-5)66(79)58(34-44)83-38-45(37-75)69-29-12-16-51(52(69)24-20-42-13-7-8-15-49(42)69)68(27-9-6-10-28-68)74-59(76)25-26-60(74)77/h7-8,13,15,20,24-26,33-36,40-41,43,45,48,50-52,65,67,71-73,75,78-80H,6,9-12,14,16-19,21-23,27-32,37-39H2,1-5H3. The Morgan fingerprint density at radius 3 is 2.38 bits per heavy atom. The van der Waals surface area contributed by atoms with Gasteiger partial charge in [-0.25, -0.2) is 0 Å². The molecule has 11 atom stereocenters. The SMILES string of the molecule is CNCCOc1cc(OC23CCCC(CCC(C)C)C2CCC(C)N3)c2c3c1CCc1c-3c(cc3c1C(O)C(c1cc(OC)c(O)c(OCC(CO)C45CCCC(C6(N7C(=O)C=CC7=O)CCCCC6)C4C=Cc4ccccc45)c1)CO3)NC2O. The zero-order valence-corrected chi connectivity index (χ0v) is 50.4. The van der Waals surface area contributed by atoms with Crippen molar-refractivity contribution in [1.82, 2.24) is 15.5 Å². The van der Waals surface area contributed by atoms with Crippen LogP contribution in [0.15, 0.2) is 66.8 Å². The molecule has 0 spiro atoms. The fraction of sp³-hybridized carbons (Fsp3) is 0.571. The Kier molecular flexibility index (Phi) is 15.8. The summed E-state index contributed by atoms with van der Waals surface area (Å²) in [5, 5.41) is 59.9. The van der Waals surface area contributed by atoms with E-state index in [0.29, 0.717) is 71.9 Å². The summed E-state index contributed by atoms with van der Waals surface area (Å²) in [4.78, 5) is 29.0. The summed E-state index contributed by atoms with van der Waals surface area (Å²) in [7, 11) is 3.41. The molecule has 85 heavy (non-hydrogen) atoms. The minimum absolute atomic E-state index is 0.0313. The van der Waals surface area contributed by atoms with Crippen LogP contribution in [0, 0.1) is 35.5 Å². The molecule has 15 nitrogen and oxygen atoms in total. The molecule has 7 N–H and O–H groups in total. The number of aliphatic hydroxyl groups excluding tert-OH is 3. The van der Waals surface area contributed by atoms with Crippen molar-refractivity contribution in [2.45, 2.75) is 171 Å². The number of methoxy groups -OCH3 is 1. The number of likely N-dealkylation sites (N-methyl/N-ethyl adjacent to an activating group) is 1. The van der Waals surface area contributed by atoms with Crippen molar-refractivity contribution in [3.05, 3.63) is 106 Å². The minimum Gasteiger partial charge on any atom is -0.502 e. The quantitative estimate of drug-likeness (QED) is 0.0367. The smallest absolute Gasteiger partial charge is 0.254 e. The number of aliphatic hydroxyl groups is 3. The number of rotatable bonds is 18. The van der Waals surface area contributed by atoms with Crippen molar-refractivity contribution in [1.29, 1.82) is 0 Å². The molecule has 3 saturated carbocycles. The third-order valence-corrected chi connectivity index (χ3v) is 21.9. The highest BCUT2D eigenvalue weighted by Crippen LogP contribution is 2.62. The van der Waals surface area contributed by atoms with Crippen LogP contribution in [-0.2, 0) is 27.8 Å². The van der Waals surface area contributed by atoms with Gasteiger partial charge in [0.1, 0.15) is 23.9 Å². The average molecular weight is 1160 g/mol. The van der Waals surface area contributed by atoms with Gasteiger partial charge in [0.25, 0.3) is 11.8 Å². The van der Waals surface area contributed by atoms with Crippen molar-refractivity contribution in [3.8, 4) is 45.6 Å². The molecular weight excluding hydrogens is 1070 g/mol. The maximum Gasteiger partial charge on any atom is 0.254 e. The number of nitrogens with zero attached hydrogens (tertiary/aromatic N) is 1. The number of aromatic hydroxyl groups is 1. The third kappa shape index (κ3) is 9.72. The monoisotopic (exact) mass is 1160 g/mol. The van der Waals surface area contributed by atoms with Crippen LogP contribution in [0.3, 0.4) is 0 Å². The van der Waals surface area contributed by atoms with Gasteiger partial charge in [-0.05, 0) is 143 Å². The number of allylic oxidation sites excluding steroid dienone is 1. The lowest BCUT2D eigenvalue weighted by atomic mass is 9.47.